The minimum atomic E-state index is -0.965. The lowest BCUT2D eigenvalue weighted by Gasteiger charge is -2.05. The van der Waals surface area contributed by atoms with Crippen LogP contribution in [0.3, 0.4) is 0 Å². The van der Waals surface area contributed by atoms with Crippen molar-refractivity contribution in [2.24, 2.45) is 0 Å². The first-order valence-corrected chi connectivity index (χ1v) is 4.86. The Bertz CT molecular complexity index is 407. The lowest BCUT2D eigenvalue weighted by molar-refractivity contribution is -0.385. The van der Waals surface area contributed by atoms with Crippen molar-refractivity contribution >= 4 is 27.6 Å². The zero-order valence-electron chi connectivity index (χ0n) is 7.86. The number of aliphatic carboxylic acids is 1. The number of carbonyl (C=O) groups is 1. The Kier molecular flexibility index (Phi) is 3.41. The van der Waals surface area contributed by atoms with Crippen LogP contribution in [0.2, 0.25) is 0 Å². The largest absolute Gasteiger partial charge is 0.481 e. The number of hydrogen-bond donors (Lipinski definition) is 1. The highest BCUT2D eigenvalue weighted by Crippen LogP contribution is 2.27. The number of carboxylic acid groups (broad SMARTS) is 1. The highest BCUT2D eigenvalue weighted by atomic mass is 79.9. The summed E-state index contributed by atoms with van der Waals surface area (Å²) in [5.41, 5.74) is 1.11. The molecule has 0 unspecified atom stereocenters. The van der Waals surface area contributed by atoms with E-state index in [2.05, 4.69) is 15.9 Å². The lowest BCUT2D eigenvalue weighted by atomic mass is 10.1. The standard InChI is InChI=1S/C9H8BrNO4/c1-5-2-6(11(14)15)3-8(10)7(5)4-9(12)13/h2-3H,4H2,1H3,(H,12,13). The van der Waals surface area contributed by atoms with Gasteiger partial charge < -0.3 is 5.11 Å². The summed E-state index contributed by atoms with van der Waals surface area (Å²) in [6, 6.07) is 2.67. The number of nitro benzene ring substituents is 1. The van der Waals surface area contributed by atoms with Crippen molar-refractivity contribution in [2.45, 2.75) is 13.3 Å². The predicted octanol–water partition coefficient (Wildman–Crippen LogP) is 2.29. The van der Waals surface area contributed by atoms with E-state index in [1.807, 2.05) is 0 Å². The van der Waals surface area contributed by atoms with Crippen LogP contribution in [0.5, 0.6) is 0 Å². The monoisotopic (exact) mass is 273 g/mol. The van der Waals surface area contributed by atoms with Crippen LogP contribution in [0.15, 0.2) is 16.6 Å². The average molecular weight is 274 g/mol. The van der Waals surface area contributed by atoms with Gasteiger partial charge in [-0.25, -0.2) is 0 Å². The molecule has 0 aliphatic carbocycles. The van der Waals surface area contributed by atoms with Gasteiger partial charge in [-0.15, -0.1) is 0 Å². The maximum absolute atomic E-state index is 10.5. The zero-order valence-corrected chi connectivity index (χ0v) is 9.44. The van der Waals surface area contributed by atoms with Crippen molar-refractivity contribution in [3.63, 3.8) is 0 Å². The summed E-state index contributed by atoms with van der Waals surface area (Å²) >= 11 is 3.13. The predicted molar refractivity (Wildman–Crippen MR) is 56.9 cm³/mol. The number of non-ortho nitro benzene ring substituents is 1. The fourth-order valence-corrected chi connectivity index (χ4v) is 1.92. The van der Waals surface area contributed by atoms with E-state index >= 15 is 0 Å². The SMILES string of the molecule is Cc1cc([N+](=O)[O-])cc(Br)c1CC(=O)O. The van der Waals surface area contributed by atoms with Crippen LogP contribution in [0.1, 0.15) is 11.1 Å². The summed E-state index contributed by atoms with van der Waals surface area (Å²) in [5, 5.41) is 19.1. The van der Waals surface area contributed by atoms with Crippen molar-refractivity contribution in [3.05, 3.63) is 37.8 Å². The van der Waals surface area contributed by atoms with Crippen LogP contribution in [0.4, 0.5) is 5.69 Å². The molecule has 0 saturated carbocycles. The summed E-state index contributed by atoms with van der Waals surface area (Å²) in [6.07, 6.45) is -0.148. The Morgan fingerprint density at radius 2 is 2.20 bits per heavy atom. The van der Waals surface area contributed by atoms with E-state index in [1.54, 1.807) is 6.92 Å². The molecule has 1 aromatic rings. The van der Waals surface area contributed by atoms with Gasteiger partial charge in [0.05, 0.1) is 11.3 Å². The average Bonchev–Trinajstić information content (AvgIpc) is 2.10. The highest BCUT2D eigenvalue weighted by Gasteiger charge is 2.14. The number of carboxylic acids is 1. The molecule has 0 heterocycles. The first-order valence-electron chi connectivity index (χ1n) is 4.07. The van der Waals surface area contributed by atoms with E-state index in [-0.39, 0.29) is 12.1 Å². The second-order valence-electron chi connectivity index (χ2n) is 3.05. The molecule has 0 spiro atoms. The minimum Gasteiger partial charge on any atom is -0.481 e. The molecule has 1 rings (SSSR count). The number of halogens is 1. The van der Waals surface area contributed by atoms with Crippen molar-refractivity contribution in [2.75, 3.05) is 0 Å². The molecule has 0 bridgehead atoms. The number of benzene rings is 1. The molecule has 0 amide bonds. The fourth-order valence-electron chi connectivity index (χ4n) is 1.24. The molecule has 80 valence electrons. The molecule has 0 fully saturated rings. The van der Waals surface area contributed by atoms with Gasteiger partial charge in [-0.1, -0.05) is 15.9 Å². The van der Waals surface area contributed by atoms with E-state index in [9.17, 15) is 14.9 Å². The third-order valence-corrected chi connectivity index (χ3v) is 2.65. The molecule has 0 atom stereocenters. The smallest absolute Gasteiger partial charge is 0.307 e. The van der Waals surface area contributed by atoms with E-state index in [0.717, 1.165) is 0 Å². The van der Waals surface area contributed by atoms with Crippen LogP contribution in [-0.2, 0) is 11.2 Å². The summed E-state index contributed by atoms with van der Waals surface area (Å²) < 4.78 is 0.455. The maximum atomic E-state index is 10.5. The van der Waals surface area contributed by atoms with E-state index in [0.29, 0.717) is 15.6 Å². The normalized spacial score (nSPS) is 10.0. The van der Waals surface area contributed by atoms with Gasteiger partial charge in [0.1, 0.15) is 0 Å². The molecule has 1 N–H and O–H groups in total. The lowest BCUT2D eigenvalue weighted by Crippen LogP contribution is -2.03. The summed E-state index contributed by atoms with van der Waals surface area (Å²) in [5.74, 6) is -0.965. The quantitative estimate of drug-likeness (QED) is 0.677. The molecule has 15 heavy (non-hydrogen) atoms. The molecule has 6 heteroatoms. The third kappa shape index (κ3) is 2.76. The van der Waals surface area contributed by atoms with Gasteiger partial charge in [0.2, 0.25) is 0 Å². The van der Waals surface area contributed by atoms with Crippen LogP contribution in [0.25, 0.3) is 0 Å². The summed E-state index contributed by atoms with van der Waals surface area (Å²) in [4.78, 5) is 20.5. The number of nitrogens with zero attached hydrogens (tertiary/aromatic N) is 1. The van der Waals surface area contributed by atoms with Crippen LogP contribution >= 0.6 is 15.9 Å². The topological polar surface area (TPSA) is 80.4 Å². The van der Waals surface area contributed by atoms with Crippen molar-refractivity contribution in [3.8, 4) is 0 Å². The Morgan fingerprint density at radius 3 is 2.60 bits per heavy atom. The van der Waals surface area contributed by atoms with Gasteiger partial charge >= 0.3 is 5.97 Å². The molecule has 0 radical (unpaired) electrons. The Balaban J connectivity index is 3.21. The minimum absolute atomic E-state index is 0.0477. The highest BCUT2D eigenvalue weighted by molar-refractivity contribution is 9.10. The van der Waals surface area contributed by atoms with Crippen LogP contribution < -0.4 is 0 Å². The Labute approximate surface area is 94.0 Å². The van der Waals surface area contributed by atoms with Gasteiger partial charge in [0.25, 0.3) is 5.69 Å². The molecule has 0 saturated heterocycles. The first-order chi connectivity index (χ1) is 6.91. The zero-order chi connectivity index (χ0) is 11.6. The number of aryl methyl sites for hydroxylation is 1. The van der Waals surface area contributed by atoms with Gasteiger partial charge in [0, 0.05) is 16.6 Å². The number of rotatable bonds is 3. The van der Waals surface area contributed by atoms with Gasteiger partial charge in [0.15, 0.2) is 0 Å². The van der Waals surface area contributed by atoms with E-state index < -0.39 is 10.9 Å². The van der Waals surface area contributed by atoms with Gasteiger partial charge in [-0.05, 0) is 18.1 Å². The van der Waals surface area contributed by atoms with Crippen LogP contribution in [0, 0.1) is 17.0 Å². The van der Waals surface area contributed by atoms with Crippen LogP contribution in [-0.4, -0.2) is 16.0 Å². The fraction of sp³-hybridized carbons (Fsp3) is 0.222. The first kappa shape index (κ1) is 11.6. The Morgan fingerprint density at radius 1 is 1.60 bits per heavy atom. The molecule has 0 aromatic heterocycles. The maximum Gasteiger partial charge on any atom is 0.307 e. The molecular weight excluding hydrogens is 266 g/mol. The van der Waals surface area contributed by atoms with Gasteiger partial charge in [-0.2, -0.15) is 0 Å². The van der Waals surface area contributed by atoms with E-state index in [4.69, 9.17) is 5.11 Å². The van der Waals surface area contributed by atoms with Crippen molar-refractivity contribution < 1.29 is 14.8 Å². The summed E-state index contributed by atoms with van der Waals surface area (Å²) in [7, 11) is 0. The number of hydrogen-bond acceptors (Lipinski definition) is 3. The second kappa shape index (κ2) is 4.39. The Hall–Kier alpha value is -1.43. The summed E-state index contributed by atoms with van der Waals surface area (Å²) in [6.45, 7) is 1.65. The molecule has 0 aliphatic heterocycles. The molecule has 1 aromatic carbocycles. The molecule has 0 aliphatic rings. The van der Waals surface area contributed by atoms with Gasteiger partial charge in [-0.3, -0.25) is 14.9 Å². The van der Waals surface area contributed by atoms with Crippen molar-refractivity contribution in [1.29, 1.82) is 0 Å². The van der Waals surface area contributed by atoms with Crippen molar-refractivity contribution in [1.82, 2.24) is 0 Å². The molecular formula is C9H8BrNO4. The number of nitro groups is 1. The molecule has 5 nitrogen and oxygen atoms in total. The third-order valence-electron chi connectivity index (χ3n) is 1.94. The van der Waals surface area contributed by atoms with E-state index in [1.165, 1.54) is 12.1 Å². The second-order valence-corrected chi connectivity index (χ2v) is 3.91.